The normalized spacial score (nSPS) is 10.1. The molecule has 0 saturated carbocycles. The van der Waals surface area contributed by atoms with Crippen molar-refractivity contribution in [3.8, 4) is 0 Å². The standard InChI is InChI=1S/C16H16N2O4/c1-11-5-3-4-6-13(11)10-22-16(19)12-7-8-14(17-2)15(9-12)18(20)21/h3-9,17H,10H2,1-2H3. The van der Waals surface area contributed by atoms with Crippen molar-refractivity contribution in [1.29, 1.82) is 0 Å². The fourth-order valence-corrected chi connectivity index (χ4v) is 2.02. The Hall–Kier alpha value is -2.89. The van der Waals surface area contributed by atoms with Gasteiger partial charge in [0.25, 0.3) is 5.69 Å². The van der Waals surface area contributed by atoms with Gasteiger partial charge in [-0.25, -0.2) is 4.79 Å². The Labute approximate surface area is 127 Å². The van der Waals surface area contributed by atoms with Gasteiger partial charge in [-0.2, -0.15) is 0 Å². The molecule has 22 heavy (non-hydrogen) atoms. The number of carbonyl (C=O) groups is 1. The Morgan fingerprint density at radius 1 is 1.27 bits per heavy atom. The topological polar surface area (TPSA) is 81.5 Å². The molecule has 6 heteroatoms. The number of benzene rings is 2. The third kappa shape index (κ3) is 3.41. The van der Waals surface area contributed by atoms with Crippen LogP contribution in [0.3, 0.4) is 0 Å². The van der Waals surface area contributed by atoms with Crippen molar-refractivity contribution in [1.82, 2.24) is 0 Å². The first-order chi connectivity index (χ1) is 10.5. The molecular formula is C16H16N2O4. The van der Waals surface area contributed by atoms with Gasteiger partial charge in [0.1, 0.15) is 12.3 Å². The van der Waals surface area contributed by atoms with Gasteiger partial charge in [-0.05, 0) is 30.2 Å². The van der Waals surface area contributed by atoms with Crippen LogP contribution in [0.15, 0.2) is 42.5 Å². The van der Waals surface area contributed by atoms with Gasteiger partial charge >= 0.3 is 5.97 Å². The van der Waals surface area contributed by atoms with Crippen molar-refractivity contribution in [2.45, 2.75) is 13.5 Å². The van der Waals surface area contributed by atoms with Crippen LogP contribution in [0.5, 0.6) is 0 Å². The molecule has 1 N–H and O–H groups in total. The highest BCUT2D eigenvalue weighted by Gasteiger charge is 2.17. The molecule has 0 aliphatic carbocycles. The van der Waals surface area contributed by atoms with Gasteiger partial charge in [-0.3, -0.25) is 10.1 Å². The predicted octanol–water partition coefficient (Wildman–Crippen LogP) is 3.30. The van der Waals surface area contributed by atoms with E-state index in [0.717, 1.165) is 11.1 Å². The van der Waals surface area contributed by atoms with E-state index in [1.54, 1.807) is 7.05 Å². The van der Waals surface area contributed by atoms with Crippen LogP contribution < -0.4 is 5.32 Å². The number of nitrogens with zero attached hydrogens (tertiary/aromatic N) is 1. The lowest BCUT2D eigenvalue weighted by atomic mass is 10.1. The molecule has 0 aromatic heterocycles. The monoisotopic (exact) mass is 300 g/mol. The molecule has 0 saturated heterocycles. The smallest absolute Gasteiger partial charge is 0.338 e. The number of ether oxygens (including phenoxy) is 1. The van der Waals surface area contributed by atoms with Crippen molar-refractivity contribution in [2.75, 3.05) is 12.4 Å². The first kappa shape index (κ1) is 15.5. The van der Waals surface area contributed by atoms with Crippen LogP contribution in [-0.2, 0) is 11.3 Å². The third-order valence-corrected chi connectivity index (χ3v) is 3.32. The number of nitrogens with one attached hydrogen (secondary N) is 1. The number of hydrogen-bond acceptors (Lipinski definition) is 5. The summed E-state index contributed by atoms with van der Waals surface area (Å²) in [6.45, 7) is 2.06. The molecule has 0 amide bonds. The van der Waals surface area contributed by atoms with Crippen molar-refractivity contribution in [3.05, 3.63) is 69.3 Å². The maximum atomic E-state index is 12.0. The molecule has 0 bridgehead atoms. The number of nitro groups is 1. The predicted molar refractivity (Wildman–Crippen MR) is 82.9 cm³/mol. The molecule has 2 aromatic carbocycles. The molecule has 0 aliphatic heterocycles. The van der Waals surface area contributed by atoms with E-state index in [2.05, 4.69) is 5.32 Å². The highest BCUT2D eigenvalue weighted by atomic mass is 16.6. The molecule has 0 unspecified atom stereocenters. The number of aryl methyl sites for hydroxylation is 1. The summed E-state index contributed by atoms with van der Waals surface area (Å²) < 4.78 is 5.22. The molecule has 2 rings (SSSR count). The van der Waals surface area contributed by atoms with Crippen molar-refractivity contribution in [3.63, 3.8) is 0 Å². The molecular weight excluding hydrogens is 284 g/mol. The van der Waals surface area contributed by atoms with Crippen LogP contribution in [-0.4, -0.2) is 17.9 Å². The molecule has 0 fully saturated rings. The molecule has 0 aliphatic rings. The maximum Gasteiger partial charge on any atom is 0.338 e. The van der Waals surface area contributed by atoms with Crippen molar-refractivity contribution < 1.29 is 14.5 Å². The second-order valence-electron chi connectivity index (χ2n) is 4.74. The Bertz CT molecular complexity index is 713. The van der Waals surface area contributed by atoms with Crippen LogP contribution in [0.25, 0.3) is 0 Å². The third-order valence-electron chi connectivity index (χ3n) is 3.32. The SMILES string of the molecule is CNc1ccc(C(=O)OCc2ccccc2C)cc1[N+](=O)[O-]. The summed E-state index contributed by atoms with van der Waals surface area (Å²) in [5.41, 5.74) is 2.26. The number of carbonyl (C=O) groups excluding carboxylic acids is 1. The van der Waals surface area contributed by atoms with E-state index < -0.39 is 10.9 Å². The van der Waals surface area contributed by atoms with Gasteiger partial charge in [-0.1, -0.05) is 24.3 Å². The first-order valence-electron chi connectivity index (χ1n) is 6.70. The maximum absolute atomic E-state index is 12.0. The van der Waals surface area contributed by atoms with Crippen LogP contribution >= 0.6 is 0 Å². The Morgan fingerprint density at radius 2 is 2.00 bits per heavy atom. The van der Waals surface area contributed by atoms with E-state index in [1.807, 2.05) is 31.2 Å². The Balaban J connectivity index is 2.15. The molecule has 2 aromatic rings. The second kappa shape index (κ2) is 6.71. The molecule has 0 radical (unpaired) electrons. The highest BCUT2D eigenvalue weighted by Crippen LogP contribution is 2.25. The van der Waals surface area contributed by atoms with Crippen LogP contribution in [0.4, 0.5) is 11.4 Å². The molecule has 114 valence electrons. The second-order valence-corrected chi connectivity index (χ2v) is 4.74. The number of nitro benzene ring substituents is 1. The van der Waals surface area contributed by atoms with E-state index in [9.17, 15) is 14.9 Å². The lowest BCUT2D eigenvalue weighted by molar-refractivity contribution is -0.384. The van der Waals surface area contributed by atoms with Crippen LogP contribution in [0.1, 0.15) is 21.5 Å². The number of rotatable bonds is 5. The Kier molecular flexibility index (Phi) is 4.73. The average Bonchev–Trinajstić information content (AvgIpc) is 2.53. The minimum absolute atomic E-state index is 0.132. The average molecular weight is 300 g/mol. The zero-order valence-corrected chi connectivity index (χ0v) is 12.3. The molecule has 6 nitrogen and oxygen atoms in total. The van der Waals surface area contributed by atoms with Crippen LogP contribution in [0.2, 0.25) is 0 Å². The van der Waals surface area contributed by atoms with Gasteiger partial charge in [-0.15, -0.1) is 0 Å². The van der Waals surface area contributed by atoms with Crippen molar-refractivity contribution >= 4 is 17.3 Å². The summed E-state index contributed by atoms with van der Waals surface area (Å²) in [5, 5.41) is 13.7. The molecule has 0 atom stereocenters. The van der Waals surface area contributed by atoms with Crippen molar-refractivity contribution in [2.24, 2.45) is 0 Å². The lowest BCUT2D eigenvalue weighted by Crippen LogP contribution is -2.07. The summed E-state index contributed by atoms with van der Waals surface area (Å²) in [6, 6.07) is 11.8. The van der Waals surface area contributed by atoms with E-state index in [1.165, 1.54) is 18.2 Å². The largest absolute Gasteiger partial charge is 0.457 e. The molecule has 0 spiro atoms. The highest BCUT2D eigenvalue weighted by molar-refractivity contribution is 5.91. The first-order valence-corrected chi connectivity index (χ1v) is 6.70. The van der Waals surface area contributed by atoms with Gasteiger partial charge in [0, 0.05) is 13.1 Å². The fraction of sp³-hybridized carbons (Fsp3) is 0.188. The molecule has 0 heterocycles. The minimum atomic E-state index is -0.589. The summed E-state index contributed by atoms with van der Waals surface area (Å²) in [5.74, 6) is -0.589. The summed E-state index contributed by atoms with van der Waals surface area (Å²) in [7, 11) is 1.58. The summed E-state index contributed by atoms with van der Waals surface area (Å²) >= 11 is 0. The zero-order valence-electron chi connectivity index (χ0n) is 12.3. The lowest BCUT2D eigenvalue weighted by Gasteiger charge is -2.08. The van der Waals surface area contributed by atoms with E-state index in [4.69, 9.17) is 4.74 Å². The van der Waals surface area contributed by atoms with Crippen LogP contribution in [0, 0.1) is 17.0 Å². The van der Waals surface area contributed by atoms with E-state index in [-0.39, 0.29) is 17.9 Å². The number of anilines is 1. The van der Waals surface area contributed by atoms with Gasteiger partial charge in [0.2, 0.25) is 0 Å². The number of esters is 1. The summed E-state index contributed by atoms with van der Waals surface area (Å²) in [4.78, 5) is 22.5. The fourth-order valence-electron chi connectivity index (χ4n) is 2.02. The quantitative estimate of drug-likeness (QED) is 0.520. The van der Waals surface area contributed by atoms with E-state index >= 15 is 0 Å². The minimum Gasteiger partial charge on any atom is -0.457 e. The van der Waals surface area contributed by atoms with Gasteiger partial charge in [0.05, 0.1) is 10.5 Å². The van der Waals surface area contributed by atoms with E-state index in [0.29, 0.717) is 5.69 Å². The van der Waals surface area contributed by atoms with Gasteiger partial charge < -0.3 is 10.1 Å². The summed E-state index contributed by atoms with van der Waals surface area (Å²) in [6.07, 6.45) is 0. The van der Waals surface area contributed by atoms with Gasteiger partial charge in [0.15, 0.2) is 0 Å². The zero-order chi connectivity index (χ0) is 16.1. The number of hydrogen-bond donors (Lipinski definition) is 1. The Morgan fingerprint density at radius 3 is 2.64 bits per heavy atom.